The average Bonchev–Trinajstić information content (AvgIpc) is 2.53. The number of alkyl halides is 6. The third-order valence-corrected chi connectivity index (χ3v) is 3.10. The van der Waals surface area contributed by atoms with Crippen LogP contribution in [0.15, 0.2) is 47.6 Å². The maximum absolute atomic E-state index is 13.2. The Labute approximate surface area is 137 Å². The summed E-state index contributed by atoms with van der Waals surface area (Å²) in [5, 5.41) is 11.1. The maximum atomic E-state index is 13.2. The van der Waals surface area contributed by atoms with Crippen LogP contribution in [-0.4, -0.2) is 11.0 Å². The van der Waals surface area contributed by atoms with Gasteiger partial charge in [-0.2, -0.15) is 26.3 Å². The topological polar surface area (TPSA) is 67.8 Å². The lowest BCUT2D eigenvalue weighted by molar-refractivity contribution is -0.139. The molecule has 25 heavy (non-hydrogen) atoms. The van der Waals surface area contributed by atoms with Gasteiger partial charge in [0.15, 0.2) is 5.84 Å². The first-order valence-corrected chi connectivity index (χ1v) is 6.57. The number of hydrogen-bond donors (Lipinski definition) is 2. The quantitative estimate of drug-likeness (QED) is 0.275. The molecule has 2 aromatic rings. The lowest BCUT2D eigenvalue weighted by atomic mass is 10.1. The SMILES string of the molecule is N/C(=N\O)c1ccc(Oc2ccccc2C(F)(F)F)c(C(F)(F)F)c1. The first kappa shape index (κ1) is 18.4. The van der Waals surface area contributed by atoms with E-state index in [4.69, 9.17) is 15.7 Å². The minimum Gasteiger partial charge on any atom is -0.456 e. The molecule has 0 atom stereocenters. The molecule has 3 N–H and O–H groups in total. The minimum absolute atomic E-state index is 0.272. The van der Waals surface area contributed by atoms with E-state index in [9.17, 15) is 26.3 Å². The van der Waals surface area contributed by atoms with Crippen LogP contribution in [0.1, 0.15) is 16.7 Å². The molecule has 0 saturated carbocycles. The first-order chi connectivity index (χ1) is 11.5. The summed E-state index contributed by atoms with van der Waals surface area (Å²) in [6.45, 7) is 0. The van der Waals surface area contributed by atoms with E-state index in [2.05, 4.69) is 5.16 Å². The number of para-hydroxylation sites is 1. The van der Waals surface area contributed by atoms with E-state index in [1.165, 1.54) is 6.07 Å². The van der Waals surface area contributed by atoms with Gasteiger partial charge >= 0.3 is 12.4 Å². The molecule has 0 aliphatic heterocycles. The Kier molecular flexibility index (Phi) is 4.82. The van der Waals surface area contributed by atoms with Crippen LogP contribution in [0.25, 0.3) is 0 Å². The lowest BCUT2D eigenvalue weighted by Gasteiger charge is -2.17. The van der Waals surface area contributed by atoms with Gasteiger partial charge in [0.25, 0.3) is 0 Å². The van der Waals surface area contributed by atoms with Crippen molar-refractivity contribution in [2.45, 2.75) is 12.4 Å². The molecule has 134 valence electrons. The first-order valence-electron chi connectivity index (χ1n) is 6.57. The van der Waals surface area contributed by atoms with Crippen LogP contribution in [0, 0.1) is 0 Å². The number of amidine groups is 1. The van der Waals surface area contributed by atoms with Gasteiger partial charge in [-0.05, 0) is 30.3 Å². The van der Waals surface area contributed by atoms with Gasteiger partial charge in [-0.1, -0.05) is 17.3 Å². The van der Waals surface area contributed by atoms with Gasteiger partial charge in [0.2, 0.25) is 0 Å². The zero-order chi connectivity index (χ0) is 18.8. The van der Waals surface area contributed by atoms with Gasteiger partial charge in [0.05, 0.1) is 11.1 Å². The van der Waals surface area contributed by atoms with Crippen molar-refractivity contribution in [1.82, 2.24) is 0 Å². The highest BCUT2D eigenvalue weighted by Gasteiger charge is 2.37. The second-order valence-electron chi connectivity index (χ2n) is 4.79. The molecule has 4 nitrogen and oxygen atoms in total. The van der Waals surface area contributed by atoms with Gasteiger partial charge in [-0.15, -0.1) is 0 Å². The minimum atomic E-state index is -4.94. The molecular weight excluding hydrogens is 354 g/mol. The van der Waals surface area contributed by atoms with E-state index >= 15 is 0 Å². The molecule has 0 spiro atoms. The van der Waals surface area contributed by atoms with Crippen molar-refractivity contribution in [2.24, 2.45) is 10.9 Å². The predicted molar refractivity (Wildman–Crippen MR) is 75.5 cm³/mol. The van der Waals surface area contributed by atoms with E-state index in [-0.39, 0.29) is 5.56 Å². The van der Waals surface area contributed by atoms with Crippen LogP contribution in [0.4, 0.5) is 26.3 Å². The van der Waals surface area contributed by atoms with Crippen LogP contribution in [0.5, 0.6) is 11.5 Å². The Bertz CT molecular complexity index is 799. The Morgan fingerprint density at radius 1 is 0.880 bits per heavy atom. The molecule has 0 heterocycles. The molecule has 0 radical (unpaired) electrons. The second-order valence-corrected chi connectivity index (χ2v) is 4.79. The van der Waals surface area contributed by atoms with Crippen LogP contribution >= 0.6 is 0 Å². The van der Waals surface area contributed by atoms with Crippen LogP contribution in [0.3, 0.4) is 0 Å². The summed E-state index contributed by atoms with van der Waals surface area (Å²) >= 11 is 0. The van der Waals surface area contributed by atoms with Crippen molar-refractivity contribution in [3.8, 4) is 11.5 Å². The molecule has 0 aliphatic rings. The molecule has 0 aromatic heterocycles. The van der Waals surface area contributed by atoms with E-state index in [1.54, 1.807) is 0 Å². The normalized spacial score (nSPS) is 13.0. The predicted octanol–water partition coefficient (Wildman–Crippen LogP) is 4.61. The van der Waals surface area contributed by atoms with E-state index in [1.807, 2.05) is 0 Å². The molecule has 10 heteroatoms. The fourth-order valence-corrected chi connectivity index (χ4v) is 1.97. The van der Waals surface area contributed by atoms with Crippen LogP contribution in [-0.2, 0) is 12.4 Å². The van der Waals surface area contributed by atoms with Crippen molar-refractivity contribution in [2.75, 3.05) is 0 Å². The zero-order valence-corrected chi connectivity index (χ0v) is 12.2. The number of benzene rings is 2. The molecule has 2 aromatic carbocycles. The summed E-state index contributed by atoms with van der Waals surface area (Å²) in [6.07, 6.45) is -9.74. The van der Waals surface area contributed by atoms with Crippen molar-refractivity contribution < 1.29 is 36.3 Å². The summed E-state index contributed by atoms with van der Waals surface area (Å²) in [5.74, 6) is -2.22. The highest BCUT2D eigenvalue weighted by molar-refractivity contribution is 5.97. The lowest BCUT2D eigenvalue weighted by Crippen LogP contribution is -2.16. The number of nitrogens with zero attached hydrogens (tertiary/aromatic N) is 1. The standard InChI is InChI=1S/C15H10F6N2O2/c16-14(17,18)9-3-1-2-4-11(9)25-12-6-5-8(13(22)23-24)7-10(12)15(19,20)21/h1-7,24H,(H2,22,23). The van der Waals surface area contributed by atoms with Crippen LogP contribution < -0.4 is 10.5 Å². The molecule has 0 amide bonds. The number of rotatable bonds is 3. The van der Waals surface area contributed by atoms with Gasteiger partial charge in [0, 0.05) is 5.56 Å². The number of ether oxygens (including phenoxy) is 1. The smallest absolute Gasteiger partial charge is 0.420 e. The fourth-order valence-electron chi connectivity index (χ4n) is 1.97. The number of hydrogen-bond acceptors (Lipinski definition) is 3. The monoisotopic (exact) mass is 364 g/mol. The molecule has 2 rings (SSSR count). The van der Waals surface area contributed by atoms with E-state index < -0.39 is 40.8 Å². The highest BCUT2D eigenvalue weighted by atomic mass is 19.4. The van der Waals surface area contributed by atoms with Crippen molar-refractivity contribution >= 4 is 5.84 Å². The number of halogens is 6. The molecule has 0 saturated heterocycles. The molecule has 0 unspecified atom stereocenters. The Balaban J connectivity index is 2.54. The third kappa shape index (κ3) is 4.14. The van der Waals surface area contributed by atoms with E-state index in [0.717, 1.165) is 24.3 Å². The molecule has 0 aliphatic carbocycles. The molecule has 0 fully saturated rings. The van der Waals surface area contributed by atoms with Gasteiger partial charge in [0.1, 0.15) is 11.5 Å². The van der Waals surface area contributed by atoms with Crippen molar-refractivity contribution in [1.29, 1.82) is 0 Å². The summed E-state index contributed by atoms with van der Waals surface area (Å²) < 4.78 is 83.3. The zero-order valence-electron chi connectivity index (χ0n) is 12.2. The maximum Gasteiger partial charge on any atom is 0.420 e. The number of oxime groups is 1. The second kappa shape index (κ2) is 6.54. The van der Waals surface area contributed by atoms with E-state index in [0.29, 0.717) is 12.1 Å². The van der Waals surface area contributed by atoms with Crippen LogP contribution in [0.2, 0.25) is 0 Å². The highest BCUT2D eigenvalue weighted by Crippen LogP contribution is 2.42. The summed E-state index contributed by atoms with van der Waals surface area (Å²) in [5.41, 5.74) is 2.38. The average molecular weight is 364 g/mol. The summed E-state index contributed by atoms with van der Waals surface area (Å²) in [7, 11) is 0. The molecule has 0 bridgehead atoms. The van der Waals surface area contributed by atoms with Crippen molar-refractivity contribution in [3.05, 3.63) is 59.2 Å². The third-order valence-electron chi connectivity index (χ3n) is 3.10. The summed E-state index contributed by atoms with van der Waals surface area (Å²) in [4.78, 5) is 0. The van der Waals surface area contributed by atoms with Gasteiger partial charge in [-0.25, -0.2) is 0 Å². The largest absolute Gasteiger partial charge is 0.456 e. The molecular formula is C15H10F6N2O2. The number of nitrogens with two attached hydrogens (primary N) is 1. The Morgan fingerprint density at radius 2 is 1.44 bits per heavy atom. The fraction of sp³-hybridized carbons (Fsp3) is 0.133. The van der Waals surface area contributed by atoms with Gasteiger partial charge < -0.3 is 15.7 Å². The summed E-state index contributed by atoms with van der Waals surface area (Å²) in [6, 6.07) is 6.21. The van der Waals surface area contributed by atoms with Gasteiger partial charge in [-0.3, -0.25) is 0 Å². The van der Waals surface area contributed by atoms with Crippen molar-refractivity contribution in [3.63, 3.8) is 0 Å². The Morgan fingerprint density at radius 3 is 2.00 bits per heavy atom. The Hall–Kier alpha value is -2.91.